The minimum absolute atomic E-state index is 0.137. The summed E-state index contributed by atoms with van der Waals surface area (Å²) in [6, 6.07) is 16.6. The van der Waals surface area contributed by atoms with Crippen molar-refractivity contribution < 1.29 is 14.7 Å². The smallest absolute Gasteiger partial charge is 0.326 e. The largest absolute Gasteiger partial charge is 0.480 e. The molecule has 0 spiro atoms. The first-order chi connectivity index (χ1) is 13.8. The Hall–Kier alpha value is -2.66. The van der Waals surface area contributed by atoms with Crippen LogP contribution in [0, 0.1) is 5.92 Å². The summed E-state index contributed by atoms with van der Waals surface area (Å²) in [5, 5.41) is 15.6. The molecule has 0 aliphatic heterocycles. The molecule has 2 aromatic carbocycles. The number of carboxylic acids is 1. The molecule has 0 heterocycles. The van der Waals surface area contributed by atoms with Crippen LogP contribution in [0.4, 0.5) is 0 Å². The number of carboxylic acid groups (broad SMARTS) is 1. The Morgan fingerprint density at radius 3 is 1.97 bits per heavy atom. The Morgan fingerprint density at radius 2 is 1.45 bits per heavy atom. The number of rotatable bonds is 10. The van der Waals surface area contributed by atoms with Crippen LogP contribution in [-0.2, 0) is 16.0 Å². The lowest BCUT2D eigenvalue weighted by Crippen LogP contribution is -2.52. The zero-order chi connectivity index (χ0) is 21.4. The molecule has 0 aliphatic carbocycles. The van der Waals surface area contributed by atoms with Crippen molar-refractivity contribution in [1.29, 1.82) is 0 Å². The minimum atomic E-state index is -1.03. The van der Waals surface area contributed by atoms with Crippen molar-refractivity contribution >= 4 is 11.9 Å². The Balaban J connectivity index is 2.07. The van der Waals surface area contributed by atoms with Crippen LogP contribution in [0.1, 0.15) is 39.7 Å². The standard InChI is InChI=1S/C24H32N2O3/c1-16(2)14-21(25-17(3)4)23(27)26-22(24(28)29)15-18-10-12-20(13-11-18)19-8-6-5-7-9-19/h5-13,16-17,21-22,25H,14-15H2,1-4H3,(H,26,27)(H,28,29)/t21-,22-/m0/s1. The van der Waals surface area contributed by atoms with E-state index in [2.05, 4.69) is 10.6 Å². The quantitative estimate of drug-likeness (QED) is 0.569. The van der Waals surface area contributed by atoms with Crippen molar-refractivity contribution in [2.75, 3.05) is 0 Å². The van der Waals surface area contributed by atoms with Crippen molar-refractivity contribution in [1.82, 2.24) is 10.6 Å². The highest BCUT2D eigenvalue weighted by Gasteiger charge is 2.26. The molecule has 0 aromatic heterocycles. The van der Waals surface area contributed by atoms with Crippen LogP contribution in [0.5, 0.6) is 0 Å². The first kappa shape index (κ1) is 22.6. The van der Waals surface area contributed by atoms with E-state index in [1.54, 1.807) is 0 Å². The number of hydrogen-bond donors (Lipinski definition) is 3. The molecule has 0 saturated carbocycles. The van der Waals surface area contributed by atoms with Gasteiger partial charge < -0.3 is 15.7 Å². The highest BCUT2D eigenvalue weighted by molar-refractivity contribution is 5.87. The van der Waals surface area contributed by atoms with E-state index in [9.17, 15) is 14.7 Å². The Bertz CT molecular complexity index is 776. The van der Waals surface area contributed by atoms with Crippen molar-refractivity contribution in [3.05, 3.63) is 60.2 Å². The summed E-state index contributed by atoms with van der Waals surface area (Å²) >= 11 is 0. The van der Waals surface area contributed by atoms with Gasteiger partial charge in [0.1, 0.15) is 6.04 Å². The normalized spacial score (nSPS) is 13.3. The van der Waals surface area contributed by atoms with E-state index >= 15 is 0 Å². The first-order valence-electron chi connectivity index (χ1n) is 10.2. The second-order valence-electron chi connectivity index (χ2n) is 8.17. The molecule has 0 radical (unpaired) electrons. The fourth-order valence-corrected chi connectivity index (χ4v) is 3.30. The fourth-order valence-electron chi connectivity index (χ4n) is 3.30. The molecule has 0 unspecified atom stereocenters. The Kier molecular flexibility index (Phi) is 8.40. The van der Waals surface area contributed by atoms with Gasteiger partial charge >= 0.3 is 5.97 Å². The van der Waals surface area contributed by atoms with Gasteiger partial charge in [0, 0.05) is 12.5 Å². The van der Waals surface area contributed by atoms with Crippen molar-refractivity contribution in [3.8, 4) is 11.1 Å². The summed E-state index contributed by atoms with van der Waals surface area (Å²) in [6.07, 6.45) is 0.897. The summed E-state index contributed by atoms with van der Waals surface area (Å²) in [5.74, 6) is -0.968. The average molecular weight is 397 g/mol. The fraction of sp³-hybridized carbons (Fsp3) is 0.417. The van der Waals surface area contributed by atoms with Crippen LogP contribution in [0.2, 0.25) is 0 Å². The molecule has 0 bridgehead atoms. The number of amides is 1. The minimum Gasteiger partial charge on any atom is -0.480 e. The first-order valence-corrected chi connectivity index (χ1v) is 10.2. The van der Waals surface area contributed by atoms with Crippen LogP contribution in [0.25, 0.3) is 11.1 Å². The zero-order valence-electron chi connectivity index (χ0n) is 17.7. The van der Waals surface area contributed by atoms with Gasteiger partial charge in [-0.15, -0.1) is 0 Å². The second kappa shape index (κ2) is 10.8. The van der Waals surface area contributed by atoms with Gasteiger partial charge in [0.25, 0.3) is 0 Å². The maximum atomic E-state index is 12.7. The van der Waals surface area contributed by atoms with Crippen LogP contribution >= 0.6 is 0 Å². The van der Waals surface area contributed by atoms with Gasteiger partial charge in [0.15, 0.2) is 0 Å². The van der Waals surface area contributed by atoms with Crippen LogP contribution in [0.15, 0.2) is 54.6 Å². The monoisotopic (exact) mass is 396 g/mol. The molecule has 29 heavy (non-hydrogen) atoms. The number of aliphatic carboxylic acids is 1. The summed E-state index contributed by atoms with van der Waals surface area (Å²) in [4.78, 5) is 24.5. The van der Waals surface area contributed by atoms with Crippen molar-refractivity contribution in [2.45, 2.75) is 58.7 Å². The van der Waals surface area contributed by atoms with Crippen molar-refractivity contribution in [2.24, 2.45) is 5.92 Å². The predicted octanol–water partition coefficient (Wildman–Crippen LogP) is 3.88. The molecule has 0 aliphatic rings. The summed E-state index contributed by atoms with van der Waals surface area (Å²) in [6.45, 7) is 8.05. The maximum absolute atomic E-state index is 12.7. The molecule has 1 amide bonds. The second-order valence-corrected chi connectivity index (χ2v) is 8.17. The molecule has 5 nitrogen and oxygen atoms in total. The van der Waals surface area contributed by atoms with Crippen molar-refractivity contribution in [3.63, 3.8) is 0 Å². The van der Waals surface area contributed by atoms with Crippen LogP contribution in [0.3, 0.4) is 0 Å². The van der Waals surface area contributed by atoms with E-state index < -0.39 is 18.1 Å². The Labute approximate surface area is 173 Å². The third-order valence-corrected chi connectivity index (χ3v) is 4.67. The van der Waals surface area contributed by atoms with Gasteiger partial charge in [-0.05, 0) is 29.0 Å². The molecule has 2 rings (SSSR count). The maximum Gasteiger partial charge on any atom is 0.326 e. The lowest BCUT2D eigenvalue weighted by atomic mass is 9.99. The molecule has 156 valence electrons. The number of nitrogens with one attached hydrogen (secondary N) is 2. The highest BCUT2D eigenvalue weighted by Crippen LogP contribution is 2.20. The average Bonchev–Trinajstić information content (AvgIpc) is 2.67. The van der Waals surface area contributed by atoms with Gasteiger partial charge in [-0.2, -0.15) is 0 Å². The summed E-state index contributed by atoms with van der Waals surface area (Å²) in [5.41, 5.74) is 3.05. The topological polar surface area (TPSA) is 78.4 Å². The van der Waals surface area contributed by atoms with E-state index in [1.165, 1.54) is 0 Å². The van der Waals surface area contributed by atoms with Gasteiger partial charge in [0.2, 0.25) is 5.91 Å². The number of carbonyl (C=O) groups excluding carboxylic acids is 1. The molecule has 3 N–H and O–H groups in total. The molecular weight excluding hydrogens is 364 g/mol. The van der Waals surface area contributed by atoms with E-state index in [-0.39, 0.29) is 18.4 Å². The molecule has 0 saturated heterocycles. The predicted molar refractivity (Wildman–Crippen MR) is 117 cm³/mol. The number of benzene rings is 2. The summed E-state index contributed by atoms with van der Waals surface area (Å²) < 4.78 is 0. The molecule has 2 aromatic rings. The summed E-state index contributed by atoms with van der Waals surface area (Å²) in [7, 11) is 0. The van der Waals surface area contributed by atoms with Gasteiger partial charge in [-0.1, -0.05) is 82.3 Å². The van der Waals surface area contributed by atoms with Gasteiger partial charge in [0.05, 0.1) is 6.04 Å². The van der Waals surface area contributed by atoms with E-state index in [1.807, 2.05) is 82.3 Å². The zero-order valence-corrected chi connectivity index (χ0v) is 17.7. The lowest BCUT2D eigenvalue weighted by molar-refractivity contribution is -0.142. The third kappa shape index (κ3) is 7.35. The Morgan fingerprint density at radius 1 is 0.862 bits per heavy atom. The molecular formula is C24H32N2O3. The van der Waals surface area contributed by atoms with Crippen LogP contribution in [-0.4, -0.2) is 35.1 Å². The number of hydrogen-bond acceptors (Lipinski definition) is 3. The van der Waals surface area contributed by atoms with E-state index in [4.69, 9.17) is 0 Å². The van der Waals surface area contributed by atoms with E-state index in [0.717, 1.165) is 16.7 Å². The SMILES string of the molecule is CC(C)C[C@H](NC(C)C)C(=O)N[C@@H](Cc1ccc(-c2ccccc2)cc1)C(=O)O. The van der Waals surface area contributed by atoms with E-state index in [0.29, 0.717) is 12.3 Å². The van der Waals surface area contributed by atoms with Crippen LogP contribution < -0.4 is 10.6 Å². The van der Waals surface area contributed by atoms with Gasteiger partial charge in [-0.25, -0.2) is 4.79 Å². The molecule has 0 fully saturated rings. The lowest BCUT2D eigenvalue weighted by Gasteiger charge is -2.24. The van der Waals surface area contributed by atoms with Gasteiger partial charge in [-0.3, -0.25) is 4.79 Å². The third-order valence-electron chi connectivity index (χ3n) is 4.67. The molecule has 2 atom stereocenters. The highest BCUT2D eigenvalue weighted by atomic mass is 16.4. The molecule has 5 heteroatoms. The number of carbonyl (C=O) groups is 2.